The zero-order valence-corrected chi connectivity index (χ0v) is 20.9. The second kappa shape index (κ2) is 10.6. The summed E-state index contributed by atoms with van der Waals surface area (Å²) in [5.74, 6) is -0.170. The highest BCUT2D eigenvalue weighted by Crippen LogP contribution is 2.28. The van der Waals surface area contributed by atoms with Crippen LogP contribution in [0.4, 0.5) is 5.69 Å². The third kappa shape index (κ3) is 5.55. The minimum Gasteiger partial charge on any atom is -0.343 e. The summed E-state index contributed by atoms with van der Waals surface area (Å²) in [6.45, 7) is 4.98. The smallest absolute Gasteiger partial charge is 0.256 e. The Morgan fingerprint density at radius 1 is 0.943 bits per heavy atom. The molecule has 0 radical (unpaired) electrons. The van der Waals surface area contributed by atoms with Crippen LogP contribution < -0.4 is 10.0 Å². The number of rotatable bonds is 7. The van der Waals surface area contributed by atoms with Gasteiger partial charge in [0.2, 0.25) is 15.9 Å². The maximum Gasteiger partial charge on any atom is 0.256 e. The van der Waals surface area contributed by atoms with Gasteiger partial charge in [-0.3, -0.25) is 9.59 Å². The third-order valence-electron chi connectivity index (χ3n) is 6.44. The largest absolute Gasteiger partial charge is 0.343 e. The molecule has 2 N–H and O–H groups in total. The van der Waals surface area contributed by atoms with E-state index in [9.17, 15) is 18.0 Å². The summed E-state index contributed by atoms with van der Waals surface area (Å²) in [7, 11) is -3.83. The average molecular weight is 494 g/mol. The van der Waals surface area contributed by atoms with Gasteiger partial charge in [0.1, 0.15) is 0 Å². The van der Waals surface area contributed by atoms with Gasteiger partial charge in [0.15, 0.2) is 0 Å². The van der Waals surface area contributed by atoms with Crippen LogP contribution in [-0.4, -0.2) is 44.3 Å². The summed E-state index contributed by atoms with van der Waals surface area (Å²) in [5.41, 5.74) is 2.06. The van der Waals surface area contributed by atoms with Crippen LogP contribution in [0.1, 0.15) is 48.5 Å². The topological polar surface area (TPSA) is 95.6 Å². The van der Waals surface area contributed by atoms with E-state index in [-0.39, 0.29) is 22.8 Å². The van der Waals surface area contributed by atoms with Gasteiger partial charge in [-0.1, -0.05) is 49.4 Å². The molecule has 3 aromatic rings. The highest BCUT2D eigenvalue weighted by Gasteiger charge is 2.28. The van der Waals surface area contributed by atoms with Gasteiger partial charge in [-0.15, -0.1) is 0 Å². The Balaban J connectivity index is 1.56. The molecule has 35 heavy (non-hydrogen) atoms. The van der Waals surface area contributed by atoms with Crippen LogP contribution in [0.15, 0.2) is 65.6 Å². The van der Waals surface area contributed by atoms with Crippen LogP contribution in [0, 0.1) is 6.92 Å². The number of nitrogens with one attached hydrogen (secondary N) is 2. The Kier molecular flexibility index (Phi) is 7.52. The van der Waals surface area contributed by atoms with Crippen molar-refractivity contribution in [2.75, 3.05) is 18.4 Å². The van der Waals surface area contributed by atoms with E-state index in [2.05, 4.69) is 10.0 Å². The number of benzene rings is 3. The lowest BCUT2D eigenvalue weighted by atomic mass is 10.0. The fourth-order valence-electron chi connectivity index (χ4n) is 4.51. The van der Waals surface area contributed by atoms with E-state index >= 15 is 0 Å². The van der Waals surface area contributed by atoms with Crippen LogP contribution in [-0.2, 0) is 14.8 Å². The molecule has 0 spiro atoms. The first-order valence-corrected chi connectivity index (χ1v) is 13.5. The number of likely N-dealkylation sites (tertiary alicyclic amines) is 1. The van der Waals surface area contributed by atoms with E-state index < -0.39 is 10.0 Å². The monoisotopic (exact) mass is 493 g/mol. The van der Waals surface area contributed by atoms with Crippen molar-refractivity contribution in [1.82, 2.24) is 9.62 Å². The van der Waals surface area contributed by atoms with E-state index in [4.69, 9.17) is 0 Å². The number of amides is 2. The zero-order valence-electron chi connectivity index (χ0n) is 20.1. The third-order valence-corrected chi connectivity index (χ3v) is 8.02. The molecule has 1 saturated heterocycles. The number of nitrogens with zero attached hydrogens (tertiary/aromatic N) is 1. The van der Waals surface area contributed by atoms with Crippen molar-refractivity contribution in [3.05, 3.63) is 71.8 Å². The Morgan fingerprint density at radius 3 is 2.29 bits per heavy atom. The molecule has 4 rings (SSSR count). The summed E-state index contributed by atoms with van der Waals surface area (Å²) in [6, 6.07) is 17.4. The number of anilines is 1. The molecule has 184 valence electrons. The van der Waals surface area contributed by atoms with E-state index in [1.54, 1.807) is 30.3 Å². The van der Waals surface area contributed by atoms with Gasteiger partial charge >= 0.3 is 0 Å². The van der Waals surface area contributed by atoms with Gasteiger partial charge in [0.05, 0.1) is 4.90 Å². The van der Waals surface area contributed by atoms with Crippen LogP contribution in [0.25, 0.3) is 10.8 Å². The molecule has 0 unspecified atom stereocenters. The lowest BCUT2D eigenvalue weighted by molar-refractivity contribution is -0.132. The second-order valence-corrected chi connectivity index (χ2v) is 10.6. The van der Waals surface area contributed by atoms with Gasteiger partial charge < -0.3 is 10.2 Å². The lowest BCUT2D eigenvalue weighted by Crippen LogP contribution is -2.46. The van der Waals surface area contributed by atoms with Crippen molar-refractivity contribution in [3.63, 3.8) is 0 Å². The molecular formula is C27H31N3O4S. The number of carbonyl (C=O) groups excluding carboxylic acids is 2. The van der Waals surface area contributed by atoms with Crippen molar-refractivity contribution < 1.29 is 18.0 Å². The van der Waals surface area contributed by atoms with Crippen LogP contribution in [0.3, 0.4) is 0 Å². The molecule has 1 aliphatic rings. The van der Waals surface area contributed by atoms with E-state index in [0.29, 0.717) is 54.4 Å². The van der Waals surface area contributed by atoms with Gasteiger partial charge in [0.25, 0.3) is 5.91 Å². The Labute approximate surface area is 206 Å². The van der Waals surface area contributed by atoms with Crippen molar-refractivity contribution in [3.8, 4) is 0 Å². The molecule has 1 aliphatic heterocycles. The summed E-state index contributed by atoms with van der Waals surface area (Å²) >= 11 is 0. The number of fused-ring (bicyclic) bond motifs is 1. The highest BCUT2D eigenvalue weighted by molar-refractivity contribution is 7.89. The van der Waals surface area contributed by atoms with Crippen molar-refractivity contribution >= 4 is 38.3 Å². The molecule has 7 nitrogen and oxygen atoms in total. The first-order chi connectivity index (χ1) is 16.8. The van der Waals surface area contributed by atoms with E-state index in [1.165, 1.54) is 6.07 Å². The summed E-state index contributed by atoms with van der Waals surface area (Å²) < 4.78 is 29.5. The maximum atomic E-state index is 13.4. The highest BCUT2D eigenvalue weighted by atomic mass is 32.2. The molecule has 8 heteroatoms. The summed E-state index contributed by atoms with van der Waals surface area (Å²) in [6.07, 6.45) is 2.47. The summed E-state index contributed by atoms with van der Waals surface area (Å²) in [5, 5.41) is 3.99. The van der Waals surface area contributed by atoms with Crippen molar-refractivity contribution in [2.24, 2.45) is 0 Å². The van der Waals surface area contributed by atoms with E-state index in [0.717, 1.165) is 12.0 Å². The molecule has 2 amide bonds. The minimum absolute atomic E-state index is 0.124. The molecule has 0 aromatic heterocycles. The number of aryl methyl sites for hydroxylation is 1. The first-order valence-electron chi connectivity index (χ1n) is 12.0. The quantitative estimate of drug-likeness (QED) is 0.508. The average Bonchev–Trinajstić information content (AvgIpc) is 2.85. The van der Waals surface area contributed by atoms with Gasteiger partial charge in [-0.25, -0.2) is 13.1 Å². The number of carbonyl (C=O) groups is 2. The number of hydrogen-bond acceptors (Lipinski definition) is 4. The van der Waals surface area contributed by atoms with Crippen LogP contribution in [0.2, 0.25) is 0 Å². The molecule has 1 fully saturated rings. The van der Waals surface area contributed by atoms with Gasteiger partial charge in [-0.2, -0.15) is 0 Å². The number of hydrogen-bond donors (Lipinski definition) is 2. The molecule has 0 aliphatic carbocycles. The van der Waals surface area contributed by atoms with Gasteiger partial charge in [-0.05, 0) is 55.3 Å². The maximum absolute atomic E-state index is 13.4. The molecule has 0 saturated carbocycles. The molecule has 1 heterocycles. The van der Waals surface area contributed by atoms with Crippen LogP contribution in [0.5, 0.6) is 0 Å². The predicted molar refractivity (Wildman–Crippen MR) is 138 cm³/mol. The van der Waals surface area contributed by atoms with Crippen LogP contribution >= 0.6 is 0 Å². The Bertz CT molecular complexity index is 1350. The normalized spacial score (nSPS) is 14.7. The Hall–Kier alpha value is -3.23. The number of sulfonamides is 1. The summed E-state index contributed by atoms with van der Waals surface area (Å²) in [4.78, 5) is 27.2. The SMILES string of the molecule is CCCC(=O)N1CCC(NS(=O)(=O)c2ccc(C(=O)Nc3ccccc3C)c3ccccc23)CC1. The molecule has 0 atom stereocenters. The predicted octanol–water partition coefficient (Wildman–Crippen LogP) is 4.47. The fraction of sp³-hybridized carbons (Fsp3) is 0.333. The molecule has 0 bridgehead atoms. The van der Waals surface area contributed by atoms with E-state index in [1.807, 2.05) is 43.0 Å². The van der Waals surface area contributed by atoms with Crippen molar-refractivity contribution in [1.29, 1.82) is 0 Å². The molecule has 3 aromatic carbocycles. The second-order valence-electron chi connectivity index (χ2n) is 8.95. The standard InChI is InChI=1S/C27H31N3O4S/c1-3-8-26(31)30-17-15-20(16-18-30)29-35(33,34)25-14-13-23(21-10-5-6-11-22(21)25)27(32)28-24-12-7-4-9-19(24)2/h4-7,9-14,20,29H,3,8,15-18H2,1-2H3,(H,28,32). The minimum atomic E-state index is -3.83. The van der Waals surface area contributed by atoms with Crippen molar-refractivity contribution in [2.45, 2.75) is 50.5 Å². The zero-order chi connectivity index (χ0) is 25.0. The molecular weight excluding hydrogens is 462 g/mol. The Morgan fingerprint density at radius 2 is 1.60 bits per heavy atom. The number of para-hydroxylation sites is 1. The first kappa shape index (κ1) is 24.9. The lowest BCUT2D eigenvalue weighted by Gasteiger charge is -2.32. The number of piperidine rings is 1. The fourth-order valence-corrected chi connectivity index (χ4v) is 6.02. The van der Waals surface area contributed by atoms with Gasteiger partial charge in [0, 0.05) is 42.2 Å².